The van der Waals surface area contributed by atoms with Crippen molar-refractivity contribution in [2.45, 2.75) is 6.18 Å². The van der Waals surface area contributed by atoms with Crippen LogP contribution < -0.4 is 0 Å². The molecule has 0 spiro atoms. The van der Waals surface area contributed by atoms with Crippen LogP contribution in [0.5, 0.6) is 0 Å². The van der Waals surface area contributed by atoms with Crippen LogP contribution in [0.4, 0.5) is 13.2 Å². The molecule has 0 unspecified atom stereocenters. The number of hydrogen-bond acceptors (Lipinski definition) is 2. The Kier molecular flexibility index (Phi) is 2.79. The molecule has 2 rings (SSSR count). The minimum atomic E-state index is -4.95. The molecule has 0 radical (unpaired) electrons. The van der Waals surface area contributed by atoms with Gasteiger partial charge in [-0.1, -0.05) is 29.8 Å². The molecule has 0 aliphatic heterocycles. The van der Waals surface area contributed by atoms with Crippen LogP contribution in [0.2, 0.25) is 5.15 Å². The van der Waals surface area contributed by atoms with Gasteiger partial charge in [-0.05, 0) is 12.1 Å². The second-order valence-electron chi connectivity index (χ2n) is 3.35. The average molecular weight is 260 g/mol. The Morgan fingerprint density at radius 1 is 1.24 bits per heavy atom. The number of ketones is 1. The predicted molar refractivity (Wildman–Crippen MR) is 57.1 cm³/mol. The van der Waals surface area contributed by atoms with Gasteiger partial charge in [-0.15, -0.1) is 0 Å². The quantitative estimate of drug-likeness (QED) is 0.578. The molecule has 0 saturated carbocycles. The Balaban J connectivity index is 2.63. The van der Waals surface area contributed by atoms with Gasteiger partial charge in [0.2, 0.25) is 0 Å². The van der Waals surface area contributed by atoms with Crippen molar-refractivity contribution in [3.63, 3.8) is 0 Å². The van der Waals surface area contributed by atoms with Crippen LogP contribution >= 0.6 is 11.6 Å². The second kappa shape index (κ2) is 4.00. The zero-order chi connectivity index (χ0) is 12.6. The van der Waals surface area contributed by atoms with E-state index in [1.54, 1.807) is 24.3 Å². The summed E-state index contributed by atoms with van der Waals surface area (Å²) < 4.78 is 36.8. The van der Waals surface area contributed by atoms with Crippen LogP contribution in [0, 0.1) is 0 Å². The number of pyridine rings is 1. The third-order valence-electron chi connectivity index (χ3n) is 2.18. The number of carbonyl (C=O) groups excluding carboxylic acids is 1. The standard InChI is InChI=1S/C11H5ClF3NO/c12-10-7(9(17)11(13,14)15)5-6-3-1-2-4-8(6)16-10/h1-5H. The lowest BCUT2D eigenvalue weighted by molar-refractivity contribution is -0.0885. The van der Waals surface area contributed by atoms with Crippen LogP contribution in [-0.4, -0.2) is 16.9 Å². The number of aromatic nitrogens is 1. The van der Waals surface area contributed by atoms with Crippen molar-refractivity contribution >= 4 is 28.3 Å². The van der Waals surface area contributed by atoms with Gasteiger partial charge in [0.15, 0.2) is 0 Å². The zero-order valence-electron chi connectivity index (χ0n) is 8.25. The summed E-state index contributed by atoms with van der Waals surface area (Å²) in [5, 5.41) is -0.00414. The van der Waals surface area contributed by atoms with Crippen molar-refractivity contribution in [1.82, 2.24) is 4.98 Å². The SMILES string of the molecule is O=C(c1cc2ccccc2nc1Cl)C(F)(F)F. The minimum absolute atomic E-state index is 0.435. The van der Waals surface area contributed by atoms with Crippen LogP contribution in [0.3, 0.4) is 0 Å². The number of alkyl halides is 3. The number of fused-ring (bicyclic) bond motifs is 1. The molecular weight excluding hydrogens is 255 g/mol. The van der Waals surface area contributed by atoms with Gasteiger partial charge >= 0.3 is 6.18 Å². The van der Waals surface area contributed by atoms with Crippen molar-refractivity contribution in [3.05, 3.63) is 41.0 Å². The summed E-state index contributed by atoms with van der Waals surface area (Å²) in [5.74, 6) is -1.99. The zero-order valence-corrected chi connectivity index (χ0v) is 9.01. The Hall–Kier alpha value is -1.62. The van der Waals surface area contributed by atoms with Crippen molar-refractivity contribution in [2.24, 2.45) is 0 Å². The molecule has 0 aliphatic rings. The van der Waals surface area contributed by atoms with Crippen LogP contribution in [-0.2, 0) is 0 Å². The predicted octanol–water partition coefficient (Wildman–Crippen LogP) is 3.63. The molecule has 0 saturated heterocycles. The number of hydrogen-bond donors (Lipinski definition) is 0. The normalized spacial score (nSPS) is 11.8. The van der Waals surface area contributed by atoms with E-state index in [-0.39, 0.29) is 0 Å². The Bertz CT molecular complexity index is 595. The smallest absolute Gasteiger partial charge is 0.284 e. The van der Waals surface area contributed by atoms with Gasteiger partial charge in [0, 0.05) is 5.39 Å². The summed E-state index contributed by atoms with van der Waals surface area (Å²) >= 11 is 5.57. The molecule has 0 fully saturated rings. The lowest BCUT2D eigenvalue weighted by Gasteiger charge is -2.07. The summed E-state index contributed by atoms with van der Waals surface area (Å²) in [7, 11) is 0. The summed E-state index contributed by atoms with van der Waals surface area (Å²) in [4.78, 5) is 14.8. The van der Waals surface area contributed by atoms with Gasteiger partial charge < -0.3 is 0 Å². The van der Waals surface area contributed by atoms with Gasteiger partial charge in [0.05, 0.1) is 11.1 Å². The first kappa shape index (κ1) is 11.9. The molecule has 0 atom stereocenters. The van der Waals surface area contributed by atoms with Crippen molar-refractivity contribution in [3.8, 4) is 0 Å². The second-order valence-corrected chi connectivity index (χ2v) is 3.70. The topological polar surface area (TPSA) is 30.0 Å². The fraction of sp³-hybridized carbons (Fsp3) is 0.0909. The van der Waals surface area contributed by atoms with E-state index in [0.29, 0.717) is 10.9 Å². The molecule has 2 nitrogen and oxygen atoms in total. The number of Topliss-reactive ketones (excluding diaryl/α,β-unsaturated/α-hetero) is 1. The molecule has 1 aromatic heterocycles. The lowest BCUT2D eigenvalue weighted by Crippen LogP contribution is -2.23. The van der Waals surface area contributed by atoms with Gasteiger partial charge in [-0.25, -0.2) is 4.98 Å². The van der Waals surface area contributed by atoms with E-state index in [4.69, 9.17) is 11.6 Å². The lowest BCUT2D eigenvalue weighted by atomic mass is 10.1. The van der Waals surface area contributed by atoms with E-state index < -0.39 is 22.7 Å². The van der Waals surface area contributed by atoms with E-state index in [1.165, 1.54) is 0 Å². The third-order valence-corrected chi connectivity index (χ3v) is 2.47. The fourth-order valence-electron chi connectivity index (χ4n) is 1.40. The van der Waals surface area contributed by atoms with Gasteiger partial charge in [-0.3, -0.25) is 4.79 Å². The first-order chi connectivity index (χ1) is 7.89. The van der Waals surface area contributed by atoms with E-state index in [0.717, 1.165) is 6.07 Å². The fourth-order valence-corrected chi connectivity index (χ4v) is 1.64. The summed E-state index contributed by atoms with van der Waals surface area (Å²) in [5.41, 5.74) is -0.186. The summed E-state index contributed by atoms with van der Waals surface area (Å²) in [6.07, 6.45) is -4.95. The van der Waals surface area contributed by atoms with E-state index in [1.807, 2.05) is 0 Å². The number of benzene rings is 1. The van der Waals surface area contributed by atoms with Gasteiger partial charge in [-0.2, -0.15) is 13.2 Å². The molecule has 17 heavy (non-hydrogen) atoms. The van der Waals surface area contributed by atoms with E-state index in [2.05, 4.69) is 4.98 Å². The molecule has 0 N–H and O–H groups in total. The maximum absolute atomic E-state index is 12.3. The molecule has 1 aromatic carbocycles. The summed E-state index contributed by atoms with van der Waals surface area (Å²) in [6, 6.07) is 7.58. The van der Waals surface area contributed by atoms with Crippen LogP contribution in [0.1, 0.15) is 10.4 Å². The third kappa shape index (κ3) is 2.24. The average Bonchev–Trinajstić information content (AvgIpc) is 2.26. The number of rotatable bonds is 1. The molecule has 0 aliphatic carbocycles. The van der Waals surface area contributed by atoms with Crippen molar-refractivity contribution < 1.29 is 18.0 Å². The Labute approximate surface area is 99.0 Å². The largest absolute Gasteiger partial charge is 0.454 e. The number of nitrogens with zero attached hydrogens (tertiary/aromatic N) is 1. The number of carbonyl (C=O) groups is 1. The molecular formula is C11H5ClF3NO. The highest BCUT2D eigenvalue weighted by atomic mass is 35.5. The molecule has 0 bridgehead atoms. The number of halogens is 4. The van der Waals surface area contributed by atoms with E-state index >= 15 is 0 Å². The highest BCUT2D eigenvalue weighted by Gasteiger charge is 2.40. The first-order valence-electron chi connectivity index (χ1n) is 4.56. The maximum atomic E-state index is 12.3. The van der Waals surface area contributed by atoms with Crippen LogP contribution in [0.25, 0.3) is 10.9 Å². The highest BCUT2D eigenvalue weighted by molar-refractivity contribution is 6.33. The van der Waals surface area contributed by atoms with Crippen molar-refractivity contribution in [2.75, 3.05) is 0 Å². The molecule has 6 heteroatoms. The molecule has 0 amide bonds. The van der Waals surface area contributed by atoms with Gasteiger partial charge in [0.25, 0.3) is 5.78 Å². The maximum Gasteiger partial charge on any atom is 0.454 e. The molecule has 1 heterocycles. The Morgan fingerprint density at radius 2 is 1.88 bits per heavy atom. The molecule has 2 aromatic rings. The van der Waals surface area contributed by atoms with Crippen molar-refractivity contribution in [1.29, 1.82) is 0 Å². The monoisotopic (exact) mass is 259 g/mol. The van der Waals surface area contributed by atoms with Crippen LogP contribution in [0.15, 0.2) is 30.3 Å². The summed E-state index contributed by atoms with van der Waals surface area (Å²) in [6.45, 7) is 0. The first-order valence-corrected chi connectivity index (χ1v) is 4.94. The highest BCUT2D eigenvalue weighted by Crippen LogP contribution is 2.27. The van der Waals surface area contributed by atoms with Gasteiger partial charge in [0.1, 0.15) is 5.15 Å². The molecule has 88 valence electrons. The minimum Gasteiger partial charge on any atom is -0.284 e. The number of para-hydroxylation sites is 1. The Morgan fingerprint density at radius 3 is 2.53 bits per heavy atom. The van der Waals surface area contributed by atoms with E-state index in [9.17, 15) is 18.0 Å².